The summed E-state index contributed by atoms with van der Waals surface area (Å²) in [7, 11) is 0. The van der Waals surface area contributed by atoms with Crippen LogP contribution in [0.5, 0.6) is 0 Å². The number of halogens is 4. The molecule has 0 bridgehead atoms. The van der Waals surface area contributed by atoms with E-state index in [0.29, 0.717) is 32.8 Å². The van der Waals surface area contributed by atoms with Crippen LogP contribution in [-0.4, -0.2) is 66.5 Å². The third-order valence-electron chi connectivity index (χ3n) is 5.30. The fraction of sp³-hybridized carbons (Fsp3) is 0.579. The van der Waals surface area contributed by atoms with E-state index in [1.165, 1.54) is 6.07 Å². The van der Waals surface area contributed by atoms with Gasteiger partial charge in [-0.15, -0.1) is 0 Å². The monoisotopic (exact) mass is 433 g/mol. The largest absolute Gasteiger partial charge is 0.417 e. The molecule has 29 heavy (non-hydrogen) atoms. The van der Waals surface area contributed by atoms with Gasteiger partial charge in [-0.2, -0.15) is 13.2 Å². The molecule has 10 heteroatoms. The molecule has 2 amide bonds. The van der Waals surface area contributed by atoms with Crippen molar-refractivity contribution in [2.24, 2.45) is 0 Å². The topological polar surface area (TPSA) is 61.9 Å². The van der Waals surface area contributed by atoms with Crippen molar-refractivity contribution in [1.82, 2.24) is 9.80 Å². The van der Waals surface area contributed by atoms with Crippen LogP contribution in [-0.2, 0) is 20.5 Å². The van der Waals surface area contributed by atoms with E-state index in [1.807, 2.05) is 4.90 Å². The summed E-state index contributed by atoms with van der Waals surface area (Å²) < 4.78 is 44.4. The number of hydrogen-bond acceptors (Lipinski definition) is 4. The summed E-state index contributed by atoms with van der Waals surface area (Å²) >= 11 is 5.61. The lowest BCUT2D eigenvalue weighted by Crippen LogP contribution is -2.55. The number of carbonyl (C=O) groups excluding carboxylic acids is 2. The van der Waals surface area contributed by atoms with Crippen molar-refractivity contribution >= 4 is 29.1 Å². The maximum atomic E-state index is 13.0. The number of carbonyl (C=O) groups is 2. The number of piperazine rings is 1. The van der Waals surface area contributed by atoms with Gasteiger partial charge in [-0.1, -0.05) is 11.6 Å². The molecule has 0 spiro atoms. The molecule has 1 N–H and O–H groups in total. The van der Waals surface area contributed by atoms with E-state index in [4.69, 9.17) is 16.3 Å². The molecule has 0 aromatic heterocycles. The number of nitrogens with zero attached hydrogens (tertiary/aromatic N) is 2. The Bertz CT molecular complexity index is 761. The van der Waals surface area contributed by atoms with E-state index in [-0.39, 0.29) is 17.7 Å². The van der Waals surface area contributed by atoms with Gasteiger partial charge in [-0.25, -0.2) is 0 Å². The van der Waals surface area contributed by atoms with Crippen LogP contribution < -0.4 is 5.32 Å². The second-order valence-corrected chi connectivity index (χ2v) is 7.63. The molecule has 2 unspecified atom stereocenters. The van der Waals surface area contributed by atoms with Crippen molar-refractivity contribution in [3.63, 3.8) is 0 Å². The molecule has 2 fully saturated rings. The number of benzene rings is 1. The highest BCUT2D eigenvalue weighted by molar-refractivity contribution is 6.31. The van der Waals surface area contributed by atoms with Crippen molar-refractivity contribution in [2.45, 2.75) is 38.1 Å². The summed E-state index contributed by atoms with van der Waals surface area (Å²) in [5.41, 5.74) is -0.961. The number of ether oxygens (including phenoxy) is 1. The molecular formula is C19H23ClF3N3O3. The van der Waals surface area contributed by atoms with Gasteiger partial charge in [0.15, 0.2) is 0 Å². The molecule has 1 aromatic carbocycles. The summed E-state index contributed by atoms with van der Waals surface area (Å²) in [6.45, 7) is 4.26. The van der Waals surface area contributed by atoms with Gasteiger partial charge in [0.25, 0.3) is 5.91 Å². The molecule has 1 aromatic rings. The van der Waals surface area contributed by atoms with Crippen LogP contribution in [0.2, 0.25) is 5.02 Å². The van der Waals surface area contributed by atoms with E-state index < -0.39 is 28.7 Å². The highest BCUT2D eigenvalue weighted by Gasteiger charge is 2.34. The van der Waals surface area contributed by atoms with Gasteiger partial charge in [0.05, 0.1) is 16.6 Å². The first-order valence-corrected chi connectivity index (χ1v) is 9.86. The van der Waals surface area contributed by atoms with E-state index in [9.17, 15) is 22.8 Å². The van der Waals surface area contributed by atoms with Crippen molar-refractivity contribution in [3.05, 3.63) is 28.8 Å². The van der Waals surface area contributed by atoms with Crippen LogP contribution in [0.15, 0.2) is 18.2 Å². The van der Waals surface area contributed by atoms with Gasteiger partial charge in [-0.05, 0) is 38.0 Å². The molecule has 2 aliphatic rings. The number of rotatable bonds is 4. The molecule has 2 aliphatic heterocycles. The minimum atomic E-state index is -4.60. The zero-order valence-electron chi connectivity index (χ0n) is 16.0. The number of anilines is 1. The quantitative estimate of drug-likeness (QED) is 0.793. The predicted octanol–water partition coefficient (Wildman–Crippen LogP) is 3.01. The Labute approximate surface area is 171 Å². The summed E-state index contributed by atoms with van der Waals surface area (Å²) in [5, 5.41) is 2.10. The number of amides is 2. The molecule has 0 radical (unpaired) electrons. The van der Waals surface area contributed by atoms with E-state index in [0.717, 1.165) is 25.0 Å². The smallest absolute Gasteiger partial charge is 0.368 e. The fourth-order valence-corrected chi connectivity index (χ4v) is 3.76. The molecule has 2 saturated heterocycles. The first kappa shape index (κ1) is 21.9. The van der Waals surface area contributed by atoms with E-state index in [2.05, 4.69) is 5.32 Å². The maximum Gasteiger partial charge on any atom is 0.417 e. The van der Waals surface area contributed by atoms with Crippen molar-refractivity contribution < 1.29 is 27.5 Å². The second kappa shape index (κ2) is 8.89. The van der Waals surface area contributed by atoms with E-state index in [1.54, 1.807) is 11.8 Å². The van der Waals surface area contributed by atoms with Crippen LogP contribution in [0.25, 0.3) is 0 Å². The summed E-state index contributed by atoms with van der Waals surface area (Å²) in [6.07, 6.45) is -3.35. The predicted molar refractivity (Wildman–Crippen MR) is 102 cm³/mol. The standard InChI is InChI=1S/C19H23ClF3N3O3/c1-12(17(27)24-13-4-5-15(20)14(11-13)19(21,22)23)25-6-8-26(9-7-25)18(28)16-3-2-10-29-16/h4-5,11-12,16H,2-3,6-10H2,1H3,(H,24,27). The normalized spacial score (nSPS) is 21.8. The second-order valence-electron chi connectivity index (χ2n) is 7.22. The Morgan fingerprint density at radius 1 is 1.24 bits per heavy atom. The third kappa shape index (κ3) is 5.21. The molecular weight excluding hydrogens is 411 g/mol. The SMILES string of the molecule is CC(C(=O)Nc1ccc(Cl)c(C(F)(F)F)c1)N1CCN(C(=O)C2CCCO2)CC1. The summed E-state index contributed by atoms with van der Waals surface area (Å²) in [5.74, 6) is -0.431. The summed E-state index contributed by atoms with van der Waals surface area (Å²) in [4.78, 5) is 28.5. The first-order chi connectivity index (χ1) is 13.7. The van der Waals surface area contributed by atoms with Gasteiger partial charge in [0.2, 0.25) is 5.91 Å². The highest BCUT2D eigenvalue weighted by atomic mass is 35.5. The molecule has 3 rings (SSSR count). The lowest BCUT2D eigenvalue weighted by atomic mass is 10.1. The third-order valence-corrected chi connectivity index (χ3v) is 5.63. The van der Waals surface area contributed by atoms with Crippen LogP contribution in [0, 0.1) is 0 Å². The molecule has 0 aliphatic carbocycles. The average molecular weight is 434 g/mol. The fourth-order valence-electron chi connectivity index (χ4n) is 3.54. The zero-order valence-corrected chi connectivity index (χ0v) is 16.7. The zero-order chi connectivity index (χ0) is 21.2. The van der Waals surface area contributed by atoms with Crippen molar-refractivity contribution in [3.8, 4) is 0 Å². The van der Waals surface area contributed by atoms with Crippen LogP contribution in [0.1, 0.15) is 25.3 Å². The molecule has 6 nitrogen and oxygen atoms in total. The number of alkyl halides is 3. The van der Waals surface area contributed by atoms with Crippen molar-refractivity contribution in [1.29, 1.82) is 0 Å². The van der Waals surface area contributed by atoms with Gasteiger partial charge in [-0.3, -0.25) is 14.5 Å². The Kier molecular flexibility index (Phi) is 6.70. The van der Waals surface area contributed by atoms with Crippen LogP contribution in [0.3, 0.4) is 0 Å². The minimum Gasteiger partial charge on any atom is -0.368 e. The van der Waals surface area contributed by atoms with Gasteiger partial charge >= 0.3 is 6.18 Å². The van der Waals surface area contributed by atoms with Gasteiger partial charge in [0.1, 0.15) is 6.10 Å². The molecule has 2 heterocycles. The number of hydrogen-bond donors (Lipinski definition) is 1. The molecule has 0 saturated carbocycles. The van der Waals surface area contributed by atoms with Gasteiger partial charge < -0.3 is 15.0 Å². The summed E-state index contributed by atoms with van der Waals surface area (Å²) in [6, 6.07) is 2.71. The average Bonchev–Trinajstić information content (AvgIpc) is 3.22. The van der Waals surface area contributed by atoms with Crippen molar-refractivity contribution in [2.75, 3.05) is 38.1 Å². The van der Waals surface area contributed by atoms with Crippen LogP contribution in [0.4, 0.5) is 18.9 Å². The minimum absolute atomic E-state index is 0.0138. The maximum absolute atomic E-state index is 13.0. The lowest BCUT2D eigenvalue weighted by molar-refractivity contribution is -0.143. The Hall–Kier alpha value is -1.84. The van der Waals surface area contributed by atoms with Crippen LogP contribution >= 0.6 is 11.6 Å². The lowest BCUT2D eigenvalue weighted by Gasteiger charge is -2.38. The molecule has 2 atom stereocenters. The Balaban J connectivity index is 1.55. The van der Waals surface area contributed by atoms with Gasteiger partial charge in [0, 0.05) is 38.5 Å². The Morgan fingerprint density at radius 2 is 1.93 bits per heavy atom. The van der Waals surface area contributed by atoms with E-state index >= 15 is 0 Å². The first-order valence-electron chi connectivity index (χ1n) is 9.49. The highest BCUT2D eigenvalue weighted by Crippen LogP contribution is 2.36. The molecule has 160 valence electrons. The Morgan fingerprint density at radius 3 is 2.52 bits per heavy atom. The number of nitrogens with one attached hydrogen (secondary N) is 1.